The van der Waals surface area contributed by atoms with Crippen LogP contribution in [-0.2, 0) is 11.3 Å². The molecule has 1 aromatic rings. The lowest BCUT2D eigenvalue weighted by Crippen LogP contribution is -2.20. The minimum Gasteiger partial charge on any atom is -0.493 e. The van der Waals surface area contributed by atoms with Crippen LogP contribution in [0.4, 0.5) is 0 Å². The highest BCUT2D eigenvalue weighted by molar-refractivity contribution is 9.10. The minimum atomic E-state index is 0.0575. The average Bonchev–Trinajstić information content (AvgIpc) is 2.50. The Labute approximate surface area is 134 Å². The van der Waals surface area contributed by atoms with Gasteiger partial charge in [-0.05, 0) is 24.1 Å². The van der Waals surface area contributed by atoms with Gasteiger partial charge in [-0.2, -0.15) is 0 Å². The summed E-state index contributed by atoms with van der Waals surface area (Å²) in [6.07, 6.45) is 0.956. The molecule has 0 amide bonds. The topological polar surface area (TPSA) is 60.0 Å². The van der Waals surface area contributed by atoms with Crippen molar-refractivity contribution in [2.75, 3.05) is 40.1 Å². The molecule has 0 radical (unpaired) electrons. The second-order valence-corrected chi connectivity index (χ2v) is 5.31. The van der Waals surface area contributed by atoms with Crippen molar-refractivity contribution in [1.29, 1.82) is 0 Å². The van der Waals surface area contributed by atoms with E-state index in [0.717, 1.165) is 34.5 Å². The molecule has 0 heterocycles. The van der Waals surface area contributed by atoms with Crippen LogP contribution in [0.25, 0.3) is 0 Å². The first-order chi connectivity index (χ1) is 10.2. The van der Waals surface area contributed by atoms with Gasteiger partial charge in [-0.3, -0.25) is 0 Å². The molecule has 0 aliphatic carbocycles. The van der Waals surface area contributed by atoms with Crippen molar-refractivity contribution in [3.8, 4) is 11.5 Å². The molecule has 0 spiro atoms. The average molecular weight is 362 g/mol. The van der Waals surface area contributed by atoms with E-state index in [1.54, 1.807) is 7.11 Å². The second-order valence-electron chi connectivity index (χ2n) is 4.46. The van der Waals surface area contributed by atoms with E-state index >= 15 is 0 Å². The van der Waals surface area contributed by atoms with Crippen LogP contribution in [0.1, 0.15) is 18.9 Å². The van der Waals surface area contributed by atoms with E-state index in [1.807, 2.05) is 12.1 Å². The summed E-state index contributed by atoms with van der Waals surface area (Å²) in [4.78, 5) is 0. The van der Waals surface area contributed by atoms with Crippen LogP contribution in [0, 0.1) is 0 Å². The van der Waals surface area contributed by atoms with Gasteiger partial charge in [0, 0.05) is 17.6 Å². The lowest BCUT2D eigenvalue weighted by atomic mass is 10.2. The third kappa shape index (κ3) is 6.65. The van der Waals surface area contributed by atoms with Gasteiger partial charge in [0.1, 0.15) is 0 Å². The predicted octanol–water partition coefficient (Wildman–Crippen LogP) is 2.35. The molecule has 0 bridgehead atoms. The summed E-state index contributed by atoms with van der Waals surface area (Å²) in [5, 5.41) is 11.9. The highest BCUT2D eigenvalue weighted by Gasteiger charge is 2.10. The van der Waals surface area contributed by atoms with Crippen LogP contribution < -0.4 is 14.8 Å². The molecule has 5 nitrogen and oxygen atoms in total. The summed E-state index contributed by atoms with van der Waals surface area (Å²) in [7, 11) is 1.64. The van der Waals surface area contributed by atoms with Gasteiger partial charge < -0.3 is 24.6 Å². The molecule has 0 aromatic heterocycles. The van der Waals surface area contributed by atoms with Gasteiger partial charge in [0.05, 0.1) is 33.5 Å². The maximum atomic E-state index is 8.61. The Hall–Kier alpha value is -0.820. The van der Waals surface area contributed by atoms with Crippen molar-refractivity contribution in [2.24, 2.45) is 0 Å². The van der Waals surface area contributed by atoms with E-state index < -0.39 is 0 Å². The Bertz CT molecular complexity index is 415. The molecular formula is C15H24BrNO4. The van der Waals surface area contributed by atoms with E-state index in [1.165, 1.54) is 0 Å². The Morgan fingerprint density at radius 2 is 2.00 bits per heavy atom. The first-order valence-electron chi connectivity index (χ1n) is 7.11. The normalized spacial score (nSPS) is 10.7. The quantitative estimate of drug-likeness (QED) is 0.592. The number of aliphatic hydroxyl groups excluding tert-OH is 1. The molecule has 0 atom stereocenters. The molecule has 0 saturated carbocycles. The van der Waals surface area contributed by atoms with Crippen molar-refractivity contribution in [3.05, 3.63) is 22.2 Å². The lowest BCUT2D eigenvalue weighted by molar-refractivity contribution is 0.0938. The van der Waals surface area contributed by atoms with Crippen LogP contribution in [0.3, 0.4) is 0 Å². The van der Waals surface area contributed by atoms with E-state index in [4.69, 9.17) is 19.3 Å². The largest absolute Gasteiger partial charge is 0.493 e. The van der Waals surface area contributed by atoms with Crippen LogP contribution >= 0.6 is 15.9 Å². The van der Waals surface area contributed by atoms with E-state index in [-0.39, 0.29) is 6.61 Å². The molecule has 6 heteroatoms. The molecule has 21 heavy (non-hydrogen) atoms. The number of hydrogen-bond acceptors (Lipinski definition) is 5. The monoisotopic (exact) mass is 361 g/mol. The van der Waals surface area contributed by atoms with Gasteiger partial charge in [0.25, 0.3) is 0 Å². The maximum absolute atomic E-state index is 8.61. The van der Waals surface area contributed by atoms with Crippen molar-refractivity contribution in [3.63, 3.8) is 0 Å². The van der Waals surface area contributed by atoms with Crippen LogP contribution in [-0.4, -0.2) is 45.2 Å². The second kappa shape index (κ2) is 10.8. The van der Waals surface area contributed by atoms with Gasteiger partial charge in [0.2, 0.25) is 0 Å². The van der Waals surface area contributed by atoms with Crippen molar-refractivity contribution < 1.29 is 19.3 Å². The fourth-order valence-corrected chi connectivity index (χ4v) is 2.19. The summed E-state index contributed by atoms with van der Waals surface area (Å²) in [6.45, 7) is 5.18. The Morgan fingerprint density at radius 3 is 2.67 bits per heavy atom. The number of ether oxygens (including phenoxy) is 3. The van der Waals surface area contributed by atoms with E-state index in [0.29, 0.717) is 26.4 Å². The Kier molecular flexibility index (Phi) is 9.41. The molecule has 0 fully saturated rings. The summed E-state index contributed by atoms with van der Waals surface area (Å²) in [5.74, 6) is 1.49. The number of benzene rings is 1. The van der Waals surface area contributed by atoms with Crippen molar-refractivity contribution in [2.45, 2.75) is 19.9 Å². The predicted molar refractivity (Wildman–Crippen MR) is 86.1 cm³/mol. The maximum Gasteiger partial charge on any atom is 0.162 e. The summed E-state index contributed by atoms with van der Waals surface area (Å²) in [6, 6.07) is 3.91. The molecule has 0 unspecified atom stereocenters. The molecule has 0 aliphatic rings. The zero-order chi connectivity index (χ0) is 15.5. The molecule has 0 aliphatic heterocycles. The first kappa shape index (κ1) is 18.2. The van der Waals surface area contributed by atoms with E-state index in [2.05, 4.69) is 28.2 Å². The summed E-state index contributed by atoms with van der Waals surface area (Å²) >= 11 is 3.56. The molecule has 2 N–H and O–H groups in total. The number of rotatable bonds is 11. The van der Waals surface area contributed by atoms with Gasteiger partial charge in [0.15, 0.2) is 11.5 Å². The number of methoxy groups -OCH3 is 1. The van der Waals surface area contributed by atoms with Crippen LogP contribution in [0.2, 0.25) is 0 Å². The number of aliphatic hydroxyl groups is 1. The van der Waals surface area contributed by atoms with Gasteiger partial charge in [-0.25, -0.2) is 0 Å². The summed E-state index contributed by atoms with van der Waals surface area (Å²) in [5.41, 5.74) is 1.10. The van der Waals surface area contributed by atoms with Crippen molar-refractivity contribution >= 4 is 15.9 Å². The highest BCUT2D eigenvalue weighted by atomic mass is 79.9. The molecular weight excluding hydrogens is 338 g/mol. The number of nitrogens with one attached hydrogen (secondary N) is 1. The highest BCUT2D eigenvalue weighted by Crippen LogP contribution is 2.33. The van der Waals surface area contributed by atoms with Gasteiger partial charge in [-0.15, -0.1) is 0 Å². The van der Waals surface area contributed by atoms with E-state index in [9.17, 15) is 0 Å². The summed E-state index contributed by atoms with van der Waals surface area (Å²) < 4.78 is 17.2. The third-order valence-electron chi connectivity index (χ3n) is 2.77. The SMILES string of the molecule is CCCOc1cc(Br)c(CNCCOCCO)cc1OC. The Morgan fingerprint density at radius 1 is 1.19 bits per heavy atom. The fraction of sp³-hybridized carbons (Fsp3) is 0.600. The molecule has 0 saturated heterocycles. The van der Waals surface area contributed by atoms with Crippen molar-refractivity contribution in [1.82, 2.24) is 5.32 Å². The first-order valence-corrected chi connectivity index (χ1v) is 7.90. The van der Waals surface area contributed by atoms with Gasteiger partial charge in [-0.1, -0.05) is 22.9 Å². The smallest absolute Gasteiger partial charge is 0.162 e. The fourth-order valence-electron chi connectivity index (χ4n) is 1.73. The molecule has 1 rings (SSSR count). The molecule has 120 valence electrons. The number of halogens is 1. The third-order valence-corrected chi connectivity index (χ3v) is 3.51. The zero-order valence-corrected chi connectivity index (χ0v) is 14.2. The van der Waals surface area contributed by atoms with Crippen LogP contribution in [0.15, 0.2) is 16.6 Å². The zero-order valence-electron chi connectivity index (χ0n) is 12.7. The standard InChI is InChI=1S/C15H24BrNO4/c1-3-6-21-15-10-13(16)12(9-14(15)19-2)11-17-4-7-20-8-5-18/h9-10,17-18H,3-8,11H2,1-2H3. The Balaban J connectivity index is 2.54. The van der Waals surface area contributed by atoms with Gasteiger partial charge >= 0.3 is 0 Å². The minimum absolute atomic E-state index is 0.0575. The van der Waals surface area contributed by atoms with Crippen LogP contribution in [0.5, 0.6) is 11.5 Å². The molecule has 1 aromatic carbocycles. The number of hydrogen-bond donors (Lipinski definition) is 2. The lowest BCUT2D eigenvalue weighted by Gasteiger charge is -2.14.